The molecule has 0 saturated heterocycles. The minimum Gasteiger partial charge on any atom is -0.463 e. The summed E-state index contributed by atoms with van der Waals surface area (Å²) < 4.78 is 13.7. The third-order valence-corrected chi connectivity index (χ3v) is 5.52. The molecule has 0 bridgehead atoms. The fraction of sp³-hybridized carbons (Fsp3) is 0.222. The van der Waals surface area contributed by atoms with Gasteiger partial charge in [0.15, 0.2) is 0 Å². The van der Waals surface area contributed by atoms with E-state index in [-0.39, 0.29) is 6.61 Å². The van der Waals surface area contributed by atoms with Crippen molar-refractivity contribution >= 4 is 39.1 Å². The van der Waals surface area contributed by atoms with Crippen molar-refractivity contribution in [3.05, 3.63) is 62.2 Å². The smallest absolute Gasteiger partial charge is 0.338 e. The largest absolute Gasteiger partial charge is 0.463 e. The van der Waals surface area contributed by atoms with Gasteiger partial charge in [-0.2, -0.15) is 5.26 Å². The third-order valence-electron chi connectivity index (χ3n) is 3.76. The molecule has 5 nitrogen and oxygen atoms in total. The molecule has 0 N–H and O–H groups in total. The highest BCUT2D eigenvalue weighted by molar-refractivity contribution is 9.10. The van der Waals surface area contributed by atoms with Gasteiger partial charge in [-0.25, -0.2) is 4.79 Å². The van der Waals surface area contributed by atoms with Gasteiger partial charge < -0.3 is 9.47 Å². The van der Waals surface area contributed by atoms with E-state index >= 15 is 0 Å². The van der Waals surface area contributed by atoms with Crippen LogP contribution in [0.2, 0.25) is 0 Å². The lowest BCUT2D eigenvalue weighted by Crippen LogP contribution is -2.23. The predicted molar refractivity (Wildman–Crippen MR) is 98.4 cm³/mol. The maximum atomic E-state index is 12.5. The van der Waals surface area contributed by atoms with Crippen LogP contribution in [0.15, 0.2) is 57.4 Å². The lowest BCUT2D eigenvalue weighted by atomic mass is 9.87. The number of allylic oxidation sites excluding steroid dienone is 2. The second-order valence-corrected chi connectivity index (χ2v) is 7.17. The number of ether oxygens (including phenoxy) is 2. The molecular weight excluding hydrogens is 404 g/mol. The molecule has 0 radical (unpaired) electrons. The zero-order valence-corrected chi connectivity index (χ0v) is 16.1. The minimum atomic E-state index is -0.522. The molecule has 0 spiro atoms. The van der Waals surface area contributed by atoms with Crippen LogP contribution in [-0.4, -0.2) is 17.1 Å². The van der Waals surface area contributed by atoms with Crippen LogP contribution >= 0.6 is 27.3 Å². The fourth-order valence-electron chi connectivity index (χ4n) is 2.73. The van der Waals surface area contributed by atoms with Crippen molar-refractivity contribution in [3.8, 4) is 6.07 Å². The van der Waals surface area contributed by atoms with Gasteiger partial charge in [-0.05, 0) is 48.0 Å². The predicted octanol–water partition coefficient (Wildman–Crippen LogP) is 4.66. The van der Waals surface area contributed by atoms with Gasteiger partial charge in [-0.15, -0.1) is 11.3 Å². The molecule has 7 heteroatoms. The topological polar surface area (TPSA) is 64.2 Å². The average molecular weight is 419 g/mol. The number of hydrogen-bond acceptors (Lipinski definition) is 5. The quantitative estimate of drug-likeness (QED) is 0.677. The maximum Gasteiger partial charge on any atom is 0.338 e. The van der Waals surface area contributed by atoms with Crippen molar-refractivity contribution < 1.29 is 14.3 Å². The van der Waals surface area contributed by atoms with Crippen LogP contribution in [0, 0.1) is 11.3 Å². The van der Waals surface area contributed by atoms with Crippen molar-refractivity contribution in [2.24, 2.45) is 0 Å². The first kappa shape index (κ1) is 17.5. The van der Waals surface area contributed by atoms with Crippen molar-refractivity contribution in [1.82, 2.24) is 4.57 Å². The zero-order chi connectivity index (χ0) is 18.0. The number of nitriles is 1. The van der Waals surface area contributed by atoms with Gasteiger partial charge in [0.25, 0.3) is 0 Å². The highest BCUT2D eigenvalue weighted by atomic mass is 79.9. The molecule has 128 valence electrons. The van der Waals surface area contributed by atoms with Crippen LogP contribution in [0.3, 0.4) is 0 Å². The highest BCUT2D eigenvalue weighted by Gasteiger charge is 2.38. The second kappa shape index (κ2) is 7.30. The van der Waals surface area contributed by atoms with Gasteiger partial charge in [0.1, 0.15) is 17.4 Å². The zero-order valence-electron chi connectivity index (χ0n) is 13.7. The van der Waals surface area contributed by atoms with Crippen LogP contribution in [0.5, 0.6) is 0 Å². The first-order valence-electron chi connectivity index (χ1n) is 7.64. The Morgan fingerprint density at radius 1 is 1.48 bits per heavy atom. The molecule has 0 aromatic carbocycles. The minimum absolute atomic E-state index is 0.256. The SMILES string of the molecule is CCOC(=O)C1=C(C)OC(n2cccc2)=C(C#N)[C@@H]1c1cc(Br)cs1. The number of thiophene rings is 1. The van der Waals surface area contributed by atoms with Crippen LogP contribution in [-0.2, 0) is 14.3 Å². The Labute approximate surface area is 157 Å². The molecule has 2 aromatic rings. The van der Waals surface area contributed by atoms with E-state index in [4.69, 9.17) is 9.47 Å². The summed E-state index contributed by atoms with van der Waals surface area (Å²) in [7, 11) is 0. The van der Waals surface area contributed by atoms with Crippen LogP contribution in [0.4, 0.5) is 0 Å². The van der Waals surface area contributed by atoms with Crippen LogP contribution in [0.25, 0.3) is 5.88 Å². The standard InChI is InChI=1S/C18H15BrN2O3S/c1-3-23-18(22)15-11(2)24-17(21-6-4-5-7-21)13(9-20)16(15)14-8-12(19)10-25-14/h4-8,10,16H,3H2,1-2H3/t16-/m1/s1. The normalized spacial score (nSPS) is 17.3. The maximum absolute atomic E-state index is 12.5. The van der Waals surface area contributed by atoms with Crippen LogP contribution < -0.4 is 0 Å². The van der Waals surface area contributed by atoms with Gasteiger partial charge >= 0.3 is 5.97 Å². The summed E-state index contributed by atoms with van der Waals surface area (Å²) in [4.78, 5) is 13.4. The number of rotatable bonds is 4. The molecule has 25 heavy (non-hydrogen) atoms. The van der Waals surface area contributed by atoms with E-state index < -0.39 is 11.9 Å². The van der Waals surface area contributed by atoms with E-state index in [0.717, 1.165) is 9.35 Å². The molecular formula is C18H15BrN2O3S. The third kappa shape index (κ3) is 3.28. The Bertz CT molecular complexity index is 903. The Morgan fingerprint density at radius 3 is 2.76 bits per heavy atom. The Balaban J connectivity index is 2.20. The summed E-state index contributed by atoms with van der Waals surface area (Å²) >= 11 is 4.92. The number of nitrogens with zero attached hydrogens (tertiary/aromatic N) is 2. The molecule has 0 aliphatic carbocycles. The molecule has 3 rings (SSSR count). The van der Waals surface area contributed by atoms with E-state index in [0.29, 0.717) is 22.8 Å². The van der Waals surface area contributed by atoms with Gasteiger partial charge in [-0.3, -0.25) is 4.57 Å². The fourth-order valence-corrected chi connectivity index (χ4v) is 4.30. The molecule has 0 amide bonds. The first-order chi connectivity index (χ1) is 12.1. The van der Waals surface area contributed by atoms with Crippen molar-refractivity contribution in [2.75, 3.05) is 6.61 Å². The van der Waals surface area contributed by atoms with Crippen molar-refractivity contribution in [3.63, 3.8) is 0 Å². The summed E-state index contributed by atoms with van der Waals surface area (Å²) in [5.74, 6) is -0.136. The number of esters is 1. The van der Waals surface area contributed by atoms with E-state index in [1.165, 1.54) is 11.3 Å². The monoisotopic (exact) mass is 418 g/mol. The van der Waals surface area contributed by atoms with Gasteiger partial charge in [-0.1, -0.05) is 0 Å². The molecule has 1 aliphatic rings. The Kier molecular flexibility index (Phi) is 5.11. The number of carbonyl (C=O) groups is 1. The highest BCUT2D eigenvalue weighted by Crippen LogP contribution is 2.44. The Hall–Kier alpha value is -2.30. The number of halogens is 1. The van der Waals surface area contributed by atoms with Crippen molar-refractivity contribution in [1.29, 1.82) is 5.26 Å². The summed E-state index contributed by atoms with van der Waals surface area (Å²) in [6.45, 7) is 3.73. The summed E-state index contributed by atoms with van der Waals surface area (Å²) in [5, 5.41) is 11.8. The summed E-state index contributed by atoms with van der Waals surface area (Å²) in [5.41, 5.74) is 0.739. The van der Waals surface area contributed by atoms with E-state index in [1.807, 2.05) is 23.6 Å². The van der Waals surface area contributed by atoms with E-state index in [9.17, 15) is 10.1 Å². The molecule has 2 aromatic heterocycles. The molecule has 1 atom stereocenters. The van der Waals surface area contributed by atoms with E-state index in [1.54, 1.807) is 30.8 Å². The Morgan fingerprint density at radius 2 is 2.20 bits per heavy atom. The molecule has 0 unspecified atom stereocenters. The molecule has 0 saturated carbocycles. The second-order valence-electron chi connectivity index (χ2n) is 5.31. The lowest BCUT2D eigenvalue weighted by molar-refractivity contribution is -0.139. The molecule has 1 aliphatic heterocycles. The summed E-state index contributed by atoms with van der Waals surface area (Å²) in [6, 6.07) is 7.84. The number of carbonyl (C=O) groups excluding carboxylic acids is 1. The number of aromatic nitrogens is 1. The lowest BCUT2D eigenvalue weighted by Gasteiger charge is -2.27. The molecule has 3 heterocycles. The molecule has 0 fully saturated rings. The first-order valence-corrected chi connectivity index (χ1v) is 9.31. The van der Waals surface area contributed by atoms with Gasteiger partial charge in [0.2, 0.25) is 5.88 Å². The van der Waals surface area contributed by atoms with Gasteiger partial charge in [0, 0.05) is 27.1 Å². The van der Waals surface area contributed by atoms with Crippen LogP contribution in [0.1, 0.15) is 24.6 Å². The number of hydrogen-bond donors (Lipinski definition) is 0. The average Bonchev–Trinajstić information content (AvgIpc) is 3.25. The van der Waals surface area contributed by atoms with E-state index in [2.05, 4.69) is 22.0 Å². The van der Waals surface area contributed by atoms with Crippen molar-refractivity contribution in [2.45, 2.75) is 19.8 Å². The van der Waals surface area contributed by atoms with Gasteiger partial charge in [0.05, 0.1) is 18.1 Å². The summed E-state index contributed by atoms with van der Waals surface area (Å²) in [6.07, 6.45) is 3.60.